The molecule has 6 heteroatoms. The number of nitrogens with zero attached hydrogens (tertiary/aromatic N) is 2. The molecular weight excluding hydrogens is 297 g/mol. The third kappa shape index (κ3) is 4.00. The highest BCUT2D eigenvalue weighted by Gasteiger charge is 2.25. The van der Waals surface area contributed by atoms with Crippen molar-refractivity contribution in [2.24, 2.45) is 0 Å². The molecule has 0 unspecified atom stereocenters. The van der Waals surface area contributed by atoms with Crippen molar-refractivity contribution in [1.29, 1.82) is 0 Å². The summed E-state index contributed by atoms with van der Waals surface area (Å²) >= 11 is 0. The molecule has 0 atom stereocenters. The van der Waals surface area contributed by atoms with E-state index in [1.165, 1.54) is 0 Å². The molecule has 5 nitrogen and oxygen atoms in total. The maximum absolute atomic E-state index is 13.7. The molecule has 0 aromatic heterocycles. The van der Waals surface area contributed by atoms with Gasteiger partial charge in [-0.3, -0.25) is 4.79 Å². The molecule has 1 aromatic rings. The van der Waals surface area contributed by atoms with Gasteiger partial charge in [0.05, 0.1) is 0 Å². The summed E-state index contributed by atoms with van der Waals surface area (Å²) < 4.78 is 13.7. The van der Waals surface area contributed by atoms with Crippen LogP contribution in [0.15, 0.2) is 12.1 Å². The van der Waals surface area contributed by atoms with Gasteiger partial charge in [-0.05, 0) is 51.0 Å². The highest BCUT2D eigenvalue weighted by Crippen LogP contribution is 2.17. The van der Waals surface area contributed by atoms with Crippen molar-refractivity contribution in [3.05, 3.63) is 34.6 Å². The Morgan fingerprint density at radius 3 is 2.00 bits per heavy atom. The Morgan fingerprint density at radius 2 is 1.52 bits per heavy atom. The largest absolute Gasteiger partial charge is 0.336 e. The third-order valence-electron chi connectivity index (χ3n) is 3.95. The fraction of sp³-hybridized carbons (Fsp3) is 0.529. The van der Waals surface area contributed by atoms with Crippen LogP contribution in [-0.2, 0) is 0 Å². The van der Waals surface area contributed by atoms with Crippen LogP contribution in [0.1, 0.15) is 35.3 Å². The summed E-state index contributed by atoms with van der Waals surface area (Å²) in [5.41, 5.74) is 1.45. The zero-order valence-electron chi connectivity index (χ0n) is 14.1. The molecule has 2 rings (SSSR count). The molecule has 1 fully saturated rings. The normalized spacial score (nSPS) is 15.0. The minimum absolute atomic E-state index is 0.0901. The average Bonchev–Trinajstić information content (AvgIpc) is 2.51. The molecule has 1 heterocycles. The summed E-state index contributed by atoms with van der Waals surface area (Å²) in [6.45, 7) is 9.13. The number of hydrogen-bond donors (Lipinski definition) is 1. The first-order chi connectivity index (χ1) is 10.8. The summed E-state index contributed by atoms with van der Waals surface area (Å²) in [6, 6.07) is 3.17. The van der Waals surface area contributed by atoms with Crippen LogP contribution >= 0.6 is 0 Å². The molecule has 1 aliphatic heterocycles. The molecule has 23 heavy (non-hydrogen) atoms. The SMILES string of the molecule is Cc1cc(C(=O)N2CCN(C(=O)NC(C)C)CC2)cc(C)c1F. The van der Waals surface area contributed by atoms with Gasteiger partial charge in [0.25, 0.3) is 5.91 Å². The van der Waals surface area contributed by atoms with E-state index in [1.807, 2.05) is 13.8 Å². The summed E-state index contributed by atoms with van der Waals surface area (Å²) in [6.07, 6.45) is 0. The lowest BCUT2D eigenvalue weighted by molar-refractivity contribution is 0.0663. The molecule has 0 spiro atoms. The number of rotatable bonds is 2. The van der Waals surface area contributed by atoms with Crippen molar-refractivity contribution in [2.45, 2.75) is 33.7 Å². The van der Waals surface area contributed by atoms with Crippen molar-refractivity contribution in [3.63, 3.8) is 0 Å². The molecule has 1 N–H and O–H groups in total. The number of benzene rings is 1. The number of aryl methyl sites for hydroxylation is 2. The van der Waals surface area contributed by atoms with Crippen LogP contribution in [0.25, 0.3) is 0 Å². The molecule has 0 aliphatic carbocycles. The Kier molecular flexibility index (Phi) is 5.23. The van der Waals surface area contributed by atoms with E-state index in [9.17, 15) is 14.0 Å². The van der Waals surface area contributed by atoms with E-state index in [1.54, 1.807) is 35.8 Å². The summed E-state index contributed by atoms with van der Waals surface area (Å²) in [5, 5.41) is 2.85. The fourth-order valence-electron chi connectivity index (χ4n) is 2.70. The van der Waals surface area contributed by atoms with Crippen molar-refractivity contribution in [2.75, 3.05) is 26.2 Å². The molecule has 1 aliphatic rings. The van der Waals surface area contributed by atoms with Crippen LogP contribution in [0.4, 0.5) is 9.18 Å². The van der Waals surface area contributed by atoms with Crippen molar-refractivity contribution >= 4 is 11.9 Å². The Morgan fingerprint density at radius 1 is 1.04 bits per heavy atom. The molecule has 0 bridgehead atoms. The van der Waals surface area contributed by atoms with E-state index >= 15 is 0 Å². The van der Waals surface area contributed by atoms with Gasteiger partial charge in [-0.2, -0.15) is 0 Å². The number of piperazine rings is 1. The minimum atomic E-state index is -0.267. The first-order valence-corrected chi connectivity index (χ1v) is 7.91. The van der Waals surface area contributed by atoms with Gasteiger partial charge in [0.1, 0.15) is 5.82 Å². The van der Waals surface area contributed by atoms with Crippen LogP contribution in [0.3, 0.4) is 0 Å². The van der Waals surface area contributed by atoms with Crippen LogP contribution < -0.4 is 5.32 Å². The standard InChI is InChI=1S/C17H24FN3O2/c1-11(2)19-17(23)21-7-5-20(6-8-21)16(22)14-9-12(3)15(18)13(4)10-14/h9-11H,5-8H2,1-4H3,(H,19,23). The zero-order chi connectivity index (χ0) is 17.1. The van der Waals surface area contributed by atoms with E-state index < -0.39 is 0 Å². The number of amides is 3. The maximum atomic E-state index is 13.7. The zero-order valence-corrected chi connectivity index (χ0v) is 14.1. The monoisotopic (exact) mass is 321 g/mol. The van der Waals surface area contributed by atoms with Crippen molar-refractivity contribution in [3.8, 4) is 0 Å². The number of halogens is 1. The number of carbonyl (C=O) groups excluding carboxylic acids is 2. The number of hydrogen-bond acceptors (Lipinski definition) is 2. The topological polar surface area (TPSA) is 52.7 Å². The van der Waals surface area contributed by atoms with E-state index in [2.05, 4.69) is 5.32 Å². The van der Waals surface area contributed by atoms with Gasteiger partial charge < -0.3 is 15.1 Å². The highest BCUT2D eigenvalue weighted by molar-refractivity contribution is 5.94. The Bertz CT molecular complexity index is 585. The fourth-order valence-corrected chi connectivity index (χ4v) is 2.70. The summed E-state index contributed by atoms with van der Waals surface area (Å²) in [5.74, 6) is -0.378. The van der Waals surface area contributed by atoms with Gasteiger partial charge >= 0.3 is 6.03 Å². The van der Waals surface area contributed by atoms with Crippen LogP contribution in [0, 0.1) is 19.7 Å². The first kappa shape index (κ1) is 17.2. The minimum Gasteiger partial charge on any atom is -0.336 e. The van der Waals surface area contributed by atoms with Crippen LogP contribution in [-0.4, -0.2) is 54.0 Å². The van der Waals surface area contributed by atoms with E-state index in [0.717, 1.165) is 0 Å². The van der Waals surface area contributed by atoms with Gasteiger partial charge in [0.15, 0.2) is 0 Å². The summed E-state index contributed by atoms with van der Waals surface area (Å²) in [7, 11) is 0. The lowest BCUT2D eigenvalue weighted by Gasteiger charge is -2.35. The number of nitrogens with one attached hydrogen (secondary N) is 1. The average molecular weight is 321 g/mol. The molecular formula is C17H24FN3O2. The number of urea groups is 1. The molecule has 126 valence electrons. The smallest absolute Gasteiger partial charge is 0.317 e. The lowest BCUT2D eigenvalue weighted by atomic mass is 10.1. The van der Waals surface area contributed by atoms with E-state index in [0.29, 0.717) is 42.9 Å². The predicted octanol–water partition coefficient (Wildman–Crippen LogP) is 2.32. The number of carbonyl (C=O) groups is 2. The van der Waals surface area contributed by atoms with Gasteiger partial charge in [0, 0.05) is 37.8 Å². The van der Waals surface area contributed by atoms with E-state index in [4.69, 9.17) is 0 Å². The molecule has 3 amide bonds. The van der Waals surface area contributed by atoms with E-state index in [-0.39, 0.29) is 23.8 Å². The predicted molar refractivity (Wildman–Crippen MR) is 87.0 cm³/mol. The maximum Gasteiger partial charge on any atom is 0.317 e. The van der Waals surface area contributed by atoms with Gasteiger partial charge in [-0.15, -0.1) is 0 Å². The lowest BCUT2D eigenvalue weighted by Crippen LogP contribution is -2.54. The molecule has 0 radical (unpaired) electrons. The van der Waals surface area contributed by atoms with Crippen LogP contribution in [0.5, 0.6) is 0 Å². The highest BCUT2D eigenvalue weighted by atomic mass is 19.1. The molecule has 1 saturated heterocycles. The Balaban J connectivity index is 2.00. The Hall–Kier alpha value is -2.11. The second-order valence-electron chi connectivity index (χ2n) is 6.31. The first-order valence-electron chi connectivity index (χ1n) is 7.91. The molecule has 1 aromatic carbocycles. The second kappa shape index (κ2) is 6.98. The second-order valence-corrected chi connectivity index (χ2v) is 6.31. The van der Waals surface area contributed by atoms with Gasteiger partial charge in [-0.25, -0.2) is 9.18 Å². The summed E-state index contributed by atoms with van der Waals surface area (Å²) in [4.78, 5) is 27.9. The quantitative estimate of drug-likeness (QED) is 0.909. The Labute approximate surface area is 136 Å². The van der Waals surface area contributed by atoms with Crippen molar-refractivity contribution in [1.82, 2.24) is 15.1 Å². The third-order valence-corrected chi connectivity index (χ3v) is 3.95. The van der Waals surface area contributed by atoms with Gasteiger partial charge in [-0.1, -0.05) is 0 Å². The van der Waals surface area contributed by atoms with Crippen molar-refractivity contribution < 1.29 is 14.0 Å². The van der Waals surface area contributed by atoms with Gasteiger partial charge in [0.2, 0.25) is 0 Å². The molecule has 0 saturated carbocycles. The van der Waals surface area contributed by atoms with Crippen LogP contribution in [0.2, 0.25) is 0 Å².